The molecule has 0 bridgehead atoms. The van der Waals surface area contributed by atoms with Gasteiger partial charge in [-0.05, 0) is 123 Å². The molecule has 2 saturated heterocycles. The molecule has 2 rings (SSSR count). The van der Waals surface area contributed by atoms with Gasteiger partial charge < -0.3 is 48.9 Å². The van der Waals surface area contributed by atoms with E-state index in [1.807, 2.05) is 0 Å². The average molecular weight is 1050 g/mol. The van der Waals surface area contributed by atoms with Crippen molar-refractivity contribution < 1.29 is 47.6 Å². The van der Waals surface area contributed by atoms with Gasteiger partial charge in [0.1, 0.15) is 13.2 Å². The van der Waals surface area contributed by atoms with E-state index in [-0.39, 0.29) is 19.4 Å². The van der Waals surface area contributed by atoms with Crippen molar-refractivity contribution in [2.24, 2.45) is 0 Å². The molecule has 0 aromatic heterocycles. The molecule has 432 valence electrons. The van der Waals surface area contributed by atoms with Crippen molar-refractivity contribution in [3.63, 3.8) is 0 Å². The van der Waals surface area contributed by atoms with Gasteiger partial charge in [-0.3, -0.25) is 9.59 Å². The number of carbonyl (C=O) groups is 4. The Morgan fingerprint density at radius 2 is 0.824 bits per heavy atom. The monoisotopic (exact) mass is 1050 g/mol. The number of hydrogen-bond donors (Lipinski definition) is 2. The lowest BCUT2D eigenvalue weighted by atomic mass is 10.1. The van der Waals surface area contributed by atoms with Crippen molar-refractivity contribution in [1.29, 1.82) is 0 Å². The number of nitrogens with one attached hydrogen (secondary N) is 2. The highest BCUT2D eigenvalue weighted by atomic mass is 16.7. The van der Waals surface area contributed by atoms with E-state index in [0.29, 0.717) is 39.1 Å². The van der Waals surface area contributed by atoms with Crippen LogP contribution in [0, 0.1) is 0 Å². The maximum Gasteiger partial charge on any atom is 0.407 e. The number of nitrogens with zero attached hydrogens (tertiary/aromatic N) is 2. The van der Waals surface area contributed by atoms with Crippen molar-refractivity contribution in [2.45, 2.75) is 270 Å². The smallest absolute Gasteiger partial charge is 0.407 e. The summed E-state index contributed by atoms with van der Waals surface area (Å²) in [6.07, 6.45) is 38.2. The summed E-state index contributed by atoms with van der Waals surface area (Å²) in [5, 5.41) is 5.68. The van der Waals surface area contributed by atoms with E-state index in [1.54, 1.807) is 0 Å². The largest absolute Gasteiger partial charge is 0.462 e. The first kappa shape index (κ1) is 67.2. The van der Waals surface area contributed by atoms with Gasteiger partial charge in [-0.1, -0.05) is 161 Å². The Labute approximate surface area is 452 Å². The molecule has 0 aromatic rings. The maximum absolute atomic E-state index is 13.5. The molecule has 2 heterocycles. The molecule has 0 saturated carbocycles. The molecule has 2 amide bonds. The lowest BCUT2D eigenvalue weighted by molar-refractivity contribution is -0.164. The zero-order valence-corrected chi connectivity index (χ0v) is 47.8. The molecule has 2 atom stereocenters. The highest BCUT2D eigenvalue weighted by molar-refractivity contribution is 5.71. The van der Waals surface area contributed by atoms with Crippen LogP contribution in [-0.4, -0.2) is 131 Å². The van der Waals surface area contributed by atoms with Crippen LogP contribution in [0.4, 0.5) is 9.59 Å². The zero-order chi connectivity index (χ0) is 53.2. The van der Waals surface area contributed by atoms with Crippen molar-refractivity contribution in [3.05, 3.63) is 12.2 Å². The van der Waals surface area contributed by atoms with Crippen molar-refractivity contribution in [1.82, 2.24) is 20.4 Å². The van der Waals surface area contributed by atoms with E-state index in [0.717, 1.165) is 110 Å². The molecule has 74 heavy (non-hydrogen) atoms. The summed E-state index contributed by atoms with van der Waals surface area (Å²) in [5.41, 5.74) is 0. The first-order chi connectivity index (χ1) is 36.3. The second-order valence-corrected chi connectivity index (χ2v) is 21.2. The predicted octanol–water partition coefficient (Wildman–Crippen LogP) is 13.9. The number of allylic oxidation sites excluding steroid dienone is 2. The van der Waals surface area contributed by atoms with E-state index in [1.165, 1.54) is 135 Å². The van der Waals surface area contributed by atoms with Crippen molar-refractivity contribution in [2.75, 3.05) is 78.8 Å². The van der Waals surface area contributed by atoms with Gasteiger partial charge in [-0.2, -0.15) is 0 Å². The Morgan fingerprint density at radius 3 is 1.26 bits per heavy atom. The van der Waals surface area contributed by atoms with Crippen LogP contribution in [-0.2, 0) is 38.0 Å². The number of rotatable bonds is 49. The van der Waals surface area contributed by atoms with Gasteiger partial charge in [-0.15, -0.1) is 0 Å². The van der Waals surface area contributed by atoms with Crippen LogP contribution in [0.25, 0.3) is 0 Å². The summed E-state index contributed by atoms with van der Waals surface area (Å²) in [5.74, 6) is -0.956. The SMILES string of the molecule is CCCCCCCC/C=C\CCCCCCCC(=O)OCC(OC(=O)NCCCN1CCCCC1)C(COC(=O)CCC(OCCCCCCCC)OCCCCCCCC)OC(=O)NCCCN1CCCCC1. The number of carbonyl (C=O) groups excluding carboxylic acids is 4. The summed E-state index contributed by atoms with van der Waals surface area (Å²) in [6.45, 7) is 13.8. The Kier molecular flexibility index (Phi) is 45.0. The molecule has 0 radical (unpaired) electrons. The van der Waals surface area contributed by atoms with Crippen LogP contribution in [0.15, 0.2) is 12.2 Å². The first-order valence-electron chi connectivity index (χ1n) is 30.9. The summed E-state index contributed by atoms with van der Waals surface area (Å²) in [6, 6.07) is 0. The second kappa shape index (κ2) is 49.6. The maximum atomic E-state index is 13.5. The van der Waals surface area contributed by atoms with Crippen LogP contribution < -0.4 is 10.6 Å². The molecule has 2 N–H and O–H groups in total. The summed E-state index contributed by atoms with van der Waals surface area (Å²) < 4.78 is 35.7. The van der Waals surface area contributed by atoms with Crippen LogP contribution in [0.2, 0.25) is 0 Å². The van der Waals surface area contributed by atoms with E-state index in [9.17, 15) is 19.2 Å². The van der Waals surface area contributed by atoms with Gasteiger partial charge in [0.05, 0.1) is 6.42 Å². The van der Waals surface area contributed by atoms with Gasteiger partial charge in [0.15, 0.2) is 18.5 Å². The fourth-order valence-corrected chi connectivity index (χ4v) is 9.62. The van der Waals surface area contributed by atoms with E-state index < -0.39 is 49.2 Å². The predicted molar refractivity (Wildman–Crippen MR) is 299 cm³/mol. The van der Waals surface area contributed by atoms with Gasteiger partial charge in [-0.25, -0.2) is 9.59 Å². The average Bonchev–Trinajstić information content (AvgIpc) is 3.41. The topological polar surface area (TPSA) is 154 Å². The van der Waals surface area contributed by atoms with Crippen molar-refractivity contribution >= 4 is 24.1 Å². The highest BCUT2D eigenvalue weighted by Gasteiger charge is 2.32. The Hall–Kier alpha value is -2.94. The summed E-state index contributed by atoms with van der Waals surface area (Å²) in [7, 11) is 0. The standard InChI is InChI=1S/C60H112N4O10/c1-4-7-10-13-16-17-18-19-20-21-22-23-24-25-30-39-56(65)71-52-54(73-59(67)61-42-37-48-63-44-31-28-32-45-63)55(74-60(68)62-43-38-49-64-46-33-29-34-47-64)53-72-57(66)40-41-58(69-50-35-26-14-11-8-5-2)70-51-36-27-15-12-9-6-3/h19-20,54-55,58H,4-18,21-53H2,1-3H3,(H,61,67)(H,62,68)/b20-19-. The Bertz CT molecular complexity index is 1340. The van der Waals surface area contributed by atoms with Crippen LogP contribution >= 0.6 is 0 Å². The minimum Gasteiger partial charge on any atom is -0.462 e. The third-order valence-electron chi connectivity index (χ3n) is 14.3. The molecular weight excluding hydrogens is 937 g/mol. The molecule has 2 aliphatic rings. The van der Waals surface area contributed by atoms with Gasteiger partial charge in [0.2, 0.25) is 0 Å². The second-order valence-electron chi connectivity index (χ2n) is 21.2. The number of unbranched alkanes of at least 4 members (excludes halogenated alkanes) is 21. The number of piperidine rings is 2. The number of alkyl carbamates (subject to hydrolysis) is 2. The minimum absolute atomic E-state index is 0.0149. The number of hydrogen-bond acceptors (Lipinski definition) is 12. The molecule has 0 spiro atoms. The highest BCUT2D eigenvalue weighted by Crippen LogP contribution is 2.17. The molecular formula is C60H112N4O10. The van der Waals surface area contributed by atoms with Gasteiger partial charge >= 0.3 is 24.1 Å². The Balaban J connectivity index is 2.05. The third-order valence-corrected chi connectivity index (χ3v) is 14.3. The van der Waals surface area contributed by atoms with Gasteiger partial charge in [0.25, 0.3) is 0 Å². The lowest BCUT2D eigenvalue weighted by Crippen LogP contribution is -2.46. The molecule has 14 heteroatoms. The normalized spacial score (nSPS) is 15.3. The number of likely N-dealkylation sites (tertiary alicyclic amines) is 2. The molecule has 0 aliphatic carbocycles. The zero-order valence-electron chi connectivity index (χ0n) is 47.8. The molecule has 14 nitrogen and oxygen atoms in total. The molecule has 0 aromatic carbocycles. The van der Waals surface area contributed by atoms with E-state index in [4.69, 9.17) is 28.4 Å². The fraction of sp³-hybridized carbons (Fsp3) is 0.900. The number of amides is 2. The Morgan fingerprint density at radius 1 is 0.446 bits per heavy atom. The third kappa shape index (κ3) is 40.3. The van der Waals surface area contributed by atoms with Crippen LogP contribution in [0.1, 0.15) is 252 Å². The first-order valence-corrected chi connectivity index (χ1v) is 30.9. The molecule has 2 aliphatic heterocycles. The number of ether oxygens (including phenoxy) is 6. The fourth-order valence-electron chi connectivity index (χ4n) is 9.62. The molecule has 2 fully saturated rings. The van der Waals surface area contributed by atoms with Crippen molar-refractivity contribution in [3.8, 4) is 0 Å². The summed E-state index contributed by atoms with van der Waals surface area (Å²) >= 11 is 0. The van der Waals surface area contributed by atoms with E-state index >= 15 is 0 Å². The minimum atomic E-state index is -1.25. The van der Waals surface area contributed by atoms with Gasteiger partial charge in [0, 0.05) is 39.1 Å². The van der Waals surface area contributed by atoms with E-state index in [2.05, 4.69) is 53.4 Å². The van der Waals surface area contributed by atoms with Crippen LogP contribution in [0.5, 0.6) is 0 Å². The number of esters is 2. The lowest BCUT2D eigenvalue weighted by Gasteiger charge is -2.28. The summed E-state index contributed by atoms with van der Waals surface area (Å²) in [4.78, 5) is 58.3. The molecule has 2 unspecified atom stereocenters. The quantitative estimate of drug-likeness (QED) is 0.0196. The van der Waals surface area contributed by atoms with Crippen LogP contribution in [0.3, 0.4) is 0 Å².